The number of nitrogen functional groups attached to an aromatic ring is 1. The predicted octanol–water partition coefficient (Wildman–Crippen LogP) is 1.06. The molecule has 90 valence electrons. The molecule has 0 atom stereocenters. The Bertz CT molecular complexity index is 350. The smallest absolute Gasteiger partial charge is 0.252 e. The Morgan fingerprint density at radius 3 is 2.75 bits per heavy atom. The first kappa shape index (κ1) is 12.6. The van der Waals surface area contributed by atoms with Crippen molar-refractivity contribution in [1.29, 1.82) is 0 Å². The van der Waals surface area contributed by atoms with Gasteiger partial charge in [0.05, 0.1) is 6.61 Å². The Hall–Kier alpha value is -1.47. The van der Waals surface area contributed by atoms with Crippen molar-refractivity contribution in [3.8, 4) is 5.88 Å². The van der Waals surface area contributed by atoms with Crippen LogP contribution in [0.1, 0.15) is 6.42 Å². The fourth-order valence-corrected chi connectivity index (χ4v) is 1.02. The van der Waals surface area contributed by atoms with Gasteiger partial charge in [-0.05, 0) is 0 Å². The van der Waals surface area contributed by atoms with Crippen LogP contribution >= 0.6 is 0 Å². The van der Waals surface area contributed by atoms with Crippen LogP contribution < -0.4 is 16.0 Å². The van der Waals surface area contributed by atoms with Gasteiger partial charge in [0.25, 0.3) is 5.88 Å². The Morgan fingerprint density at radius 2 is 2.12 bits per heavy atom. The molecule has 1 heterocycles. The minimum absolute atomic E-state index is 0.230. The van der Waals surface area contributed by atoms with Gasteiger partial charge in [-0.1, -0.05) is 0 Å². The molecule has 0 unspecified atom stereocenters. The van der Waals surface area contributed by atoms with Crippen LogP contribution in [0.4, 0.5) is 14.6 Å². The van der Waals surface area contributed by atoms with Crippen LogP contribution in [0, 0.1) is 11.6 Å². The largest absolute Gasteiger partial charge is 0.475 e. The van der Waals surface area contributed by atoms with Gasteiger partial charge >= 0.3 is 0 Å². The van der Waals surface area contributed by atoms with Gasteiger partial charge < -0.3 is 14.9 Å². The van der Waals surface area contributed by atoms with Crippen LogP contribution in [0.15, 0.2) is 6.07 Å². The number of nitrogens with zero attached hydrogens (tertiary/aromatic N) is 1. The molecule has 0 spiro atoms. The summed E-state index contributed by atoms with van der Waals surface area (Å²) in [4.78, 5) is 3.54. The molecule has 7 heteroatoms. The number of ether oxygens (including phenoxy) is 2. The van der Waals surface area contributed by atoms with Gasteiger partial charge in [-0.2, -0.15) is 4.98 Å². The maximum atomic E-state index is 13.1. The van der Waals surface area contributed by atoms with E-state index in [-0.39, 0.29) is 18.3 Å². The number of methoxy groups -OCH3 is 1. The summed E-state index contributed by atoms with van der Waals surface area (Å²) in [6, 6.07) is 0.661. The highest BCUT2D eigenvalue weighted by atomic mass is 19.1. The first-order chi connectivity index (χ1) is 7.69. The van der Waals surface area contributed by atoms with E-state index in [0.717, 1.165) is 0 Å². The quantitative estimate of drug-likeness (QED) is 0.437. The highest BCUT2D eigenvalue weighted by Crippen LogP contribution is 2.20. The topological polar surface area (TPSA) is 69.4 Å². The maximum absolute atomic E-state index is 13.1. The second-order valence-corrected chi connectivity index (χ2v) is 2.94. The van der Waals surface area contributed by atoms with Crippen LogP contribution in [0.5, 0.6) is 5.88 Å². The highest BCUT2D eigenvalue weighted by molar-refractivity contribution is 5.38. The highest BCUT2D eigenvalue weighted by Gasteiger charge is 2.11. The zero-order valence-corrected chi connectivity index (χ0v) is 8.80. The molecule has 1 rings (SSSR count). The molecule has 0 aliphatic rings. The summed E-state index contributed by atoms with van der Waals surface area (Å²) >= 11 is 0. The summed E-state index contributed by atoms with van der Waals surface area (Å²) in [5, 5.41) is 0. The van der Waals surface area contributed by atoms with Crippen molar-refractivity contribution in [3.63, 3.8) is 0 Å². The number of hydrazine groups is 1. The van der Waals surface area contributed by atoms with Crippen LogP contribution in [0.3, 0.4) is 0 Å². The fourth-order valence-electron chi connectivity index (χ4n) is 1.02. The number of rotatable bonds is 6. The summed E-state index contributed by atoms with van der Waals surface area (Å²) in [7, 11) is 1.55. The molecule has 3 N–H and O–H groups in total. The zero-order chi connectivity index (χ0) is 12.0. The average molecular weight is 233 g/mol. The second-order valence-electron chi connectivity index (χ2n) is 2.94. The number of anilines is 1. The van der Waals surface area contributed by atoms with Crippen molar-refractivity contribution in [1.82, 2.24) is 4.98 Å². The van der Waals surface area contributed by atoms with Crippen molar-refractivity contribution in [2.24, 2.45) is 5.84 Å². The first-order valence-electron chi connectivity index (χ1n) is 4.63. The number of hydrogen-bond acceptors (Lipinski definition) is 5. The molecular weight excluding hydrogens is 220 g/mol. The molecule has 0 saturated heterocycles. The van der Waals surface area contributed by atoms with E-state index in [2.05, 4.69) is 4.98 Å². The van der Waals surface area contributed by atoms with E-state index < -0.39 is 11.6 Å². The van der Waals surface area contributed by atoms with E-state index in [1.807, 2.05) is 5.43 Å². The standard InChI is InChI=1S/C9H13F2N3O2/c1-15-3-2-4-16-9-7(11)5-6(10)8(13-9)14-12/h5H,2-4,12H2,1H3,(H,13,14). The third kappa shape index (κ3) is 3.28. The SMILES string of the molecule is COCCCOc1nc(NN)c(F)cc1F. The van der Waals surface area contributed by atoms with Gasteiger partial charge in [-0.3, -0.25) is 0 Å². The molecular formula is C9H13F2N3O2. The molecule has 0 saturated carbocycles. The number of nitrogens with two attached hydrogens (primary N) is 1. The molecule has 16 heavy (non-hydrogen) atoms. The van der Waals surface area contributed by atoms with E-state index >= 15 is 0 Å². The lowest BCUT2D eigenvalue weighted by atomic mass is 10.4. The lowest BCUT2D eigenvalue weighted by Gasteiger charge is -2.08. The van der Waals surface area contributed by atoms with Crippen LogP contribution in [-0.2, 0) is 4.74 Å². The molecule has 0 aliphatic carbocycles. The van der Waals surface area contributed by atoms with Gasteiger partial charge in [-0.15, -0.1) is 0 Å². The zero-order valence-electron chi connectivity index (χ0n) is 8.80. The van der Waals surface area contributed by atoms with Crippen LogP contribution in [0.2, 0.25) is 0 Å². The lowest BCUT2D eigenvalue weighted by molar-refractivity contribution is 0.168. The number of halogens is 2. The minimum Gasteiger partial charge on any atom is -0.475 e. The summed E-state index contributed by atoms with van der Waals surface area (Å²) in [5.41, 5.74) is 2.01. The molecule has 0 aliphatic heterocycles. The van der Waals surface area contributed by atoms with Crippen LogP contribution in [-0.4, -0.2) is 25.3 Å². The molecule has 0 fully saturated rings. The predicted molar refractivity (Wildman–Crippen MR) is 54.0 cm³/mol. The van der Waals surface area contributed by atoms with Gasteiger partial charge in [0, 0.05) is 26.2 Å². The van der Waals surface area contributed by atoms with E-state index in [1.54, 1.807) is 7.11 Å². The van der Waals surface area contributed by atoms with Crippen molar-refractivity contribution >= 4 is 5.82 Å². The lowest BCUT2D eigenvalue weighted by Crippen LogP contribution is -2.12. The summed E-state index contributed by atoms with van der Waals surface area (Å²) < 4.78 is 35.9. The third-order valence-corrected chi connectivity index (χ3v) is 1.77. The second kappa shape index (κ2) is 6.19. The van der Waals surface area contributed by atoms with Crippen molar-refractivity contribution in [3.05, 3.63) is 17.7 Å². The van der Waals surface area contributed by atoms with Gasteiger partial charge in [0.2, 0.25) is 0 Å². The maximum Gasteiger partial charge on any atom is 0.252 e. The molecule has 0 aromatic carbocycles. The van der Waals surface area contributed by atoms with Crippen molar-refractivity contribution in [2.75, 3.05) is 25.7 Å². The first-order valence-corrected chi connectivity index (χ1v) is 4.63. The molecule has 5 nitrogen and oxygen atoms in total. The Labute approximate surface area is 91.5 Å². The fraction of sp³-hybridized carbons (Fsp3) is 0.444. The number of aromatic nitrogens is 1. The number of hydrogen-bond donors (Lipinski definition) is 2. The van der Waals surface area contributed by atoms with Crippen LogP contribution in [0.25, 0.3) is 0 Å². The number of pyridine rings is 1. The van der Waals surface area contributed by atoms with E-state index in [1.165, 1.54) is 0 Å². The summed E-state index contributed by atoms with van der Waals surface area (Å²) in [6.07, 6.45) is 0.584. The Kier molecular flexibility index (Phi) is 4.87. The Morgan fingerprint density at radius 1 is 1.38 bits per heavy atom. The molecule has 1 aromatic rings. The monoisotopic (exact) mass is 233 g/mol. The van der Waals surface area contributed by atoms with Gasteiger partial charge in [-0.25, -0.2) is 14.6 Å². The molecule has 0 amide bonds. The van der Waals surface area contributed by atoms with E-state index in [0.29, 0.717) is 19.1 Å². The molecule has 0 bridgehead atoms. The average Bonchev–Trinajstić information content (AvgIpc) is 2.27. The third-order valence-electron chi connectivity index (χ3n) is 1.77. The Balaban J connectivity index is 2.64. The van der Waals surface area contributed by atoms with Crippen molar-refractivity contribution in [2.45, 2.75) is 6.42 Å². The normalized spacial score (nSPS) is 10.2. The van der Waals surface area contributed by atoms with Gasteiger partial charge in [0.15, 0.2) is 17.5 Å². The van der Waals surface area contributed by atoms with E-state index in [9.17, 15) is 8.78 Å². The summed E-state index contributed by atoms with van der Waals surface area (Å²) in [6.45, 7) is 0.720. The molecule has 0 radical (unpaired) electrons. The molecule has 1 aromatic heterocycles. The minimum atomic E-state index is -0.871. The van der Waals surface area contributed by atoms with Gasteiger partial charge in [0.1, 0.15) is 0 Å². The van der Waals surface area contributed by atoms with Crippen molar-refractivity contribution < 1.29 is 18.3 Å². The number of nitrogens with one attached hydrogen (secondary N) is 1. The van der Waals surface area contributed by atoms with E-state index in [4.69, 9.17) is 15.3 Å². The summed E-state index contributed by atoms with van der Waals surface area (Å²) in [5.74, 6) is 2.71.